The summed E-state index contributed by atoms with van der Waals surface area (Å²) in [5, 5.41) is 19.1. The number of aromatic nitrogens is 3. The molecule has 4 heterocycles. The lowest BCUT2D eigenvalue weighted by Crippen LogP contribution is -2.31. The minimum atomic E-state index is -0.895. The summed E-state index contributed by atoms with van der Waals surface area (Å²) in [6.45, 7) is 4.13. The molecule has 0 bridgehead atoms. The maximum absolute atomic E-state index is 13.5. The van der Waals surface area contributed by atoms with E-state index in [9.17, 15) is 9.50 Å². The zero-order valence-corrected chi connectivity index (χ0v) is 17.0. The molecule has 0 radical (unpaired) electrons. The molecule has 29 heavy (non-hydrogen) atoms. The van der Waals surface area contributed by atoms with Gasteiger partial charge in [-0.25, -0.2) is 14.4 Å². The number of anilines is 1. The summed E-state index contributed by atoms with van der Waals surface area (Å²) in [7, 11) is 0. The average Bonchev–Trinajstić information content (AvgIpc) is 3.21. The van der Waals surface area contributed by atoms with Crippen molar-refractivity contribution in [3.63, 3.8) is 0 Å². The largest absolute Gasteiger partial charge is 0.381 e. The van der Waals surface area contributed by atoms with Crippen LogP contribution in [0.3, 0.4) is 0 Å². The first-order chi connectivity index (χ1) is 14.1. The Labute approximate surface area is 172 Å². The van der Waals surface area contributed by atoms with E-state index in [2.05, 4.69) is 25.6 Å². The predicted octanol–water partition coefficient (Wildman–Crippen LogP) is 3.41. The van der Waals surface area contributed by atoms with Crippen LogP contribution < -0.4 is 10.6 Å². The fourth-order valence-electron chi connectivity index (χ4n) is 3.40. The molecule has 1 fully saturated rings. The van der Waals surface area contributed by atoms with Gasteiger partial charge in [-0.3, -0.25) is 10.3 Å². The third-order valence-electron chi connectivity index (χ3n) is 5.10. The maximum atomic E-state index is 13.5. The Morgan fingerprint density at radius 3 is 2.93 bits per heavy atom. The Morgan fingerprint density at radius 1 is 1.31 bits per heavy atom. The Bertz CT molecular complexity index is 963. The van der Waals surface area contributed by atoms with Crippen LogP contribution in [0.1, 0.15) is 43.3 Å². The molecule has 154 valence electrons. The number of fused-ring (bicyclic) bond motifs is 1. The molecule has 2 atom stereocenters. The van der Waals surface area contributed by atoms with Crippen molar-refractivity contribution in [1.29, 1.82) is 0 Å². The van der Waals surface area contributed by atoms with Crippen molar-refractivity contribution < 1.29 is 14.2 Å². The Hall–Kier alpha value is -2.20. The van der Waals surface area contributed by atoms with Crippen LogP contribution in [-0.2, 0) is 4.74 Å². The van der Waals surface area contributed by atoms with Crippen LogP contribution in [0.4, 0.5) is 10.3 Å². The van der Waals surface area contributed by atoms with Gasteiger partial charge >= 0.3 is 0 Å². The van der Waals surface area contributed by atoms with E-state index < -0.39 is 12.0 Å². The van der Waals surface area contributed by atoms with Gasteiger partial charge in [-0.1, -0.05) is 0 Å². The zero-order chi connectivity index (χ0) is 20.2. The molecular weight excluding hydrogens is 393 g/mol. The third kappa shape index (κ3) is 4.87. The van der Waals surface area contributed by atoms with E-state index in [1.54, 1.807) is 6.20 Å². The van der Waals surface area contributed by atoms with E-state index in [0.29, 0.717) is 29.7 Å². The number of aliphatic hydroxyl groups is 1. The van der Waals surface area contributed by atoms with Crippen LogP contribution in [0, 0.1) is 11.7 Å². The van der Waals surface area contributed by atoms with Gasteiger partial charge in [0.05, 0.1) is 22.5 Å². The molecule has 3 aromatic heterocycles. The molecule has 0 aromatic carbocycles. The lowest BCUT2D eigenvalue weighted by Gasteiger charge is -2.24. The van der Waals surface area contributed by atoms with Gasteiger partial charge in [0.15, 0.2) is 0 Å². The highest BCUT2D eigenvalue weighted by Crippen LogP contribution is 2.28. The van der Waals surface area contributed by atoms with Crippen molar-refractivity contribution >= 4 is 27.5 Å². The number of pyridine rings is 1. The standard InChI is InChI=1S/C20H24FN5O2S/c1-12(14-8-15(21)11-22-10-14)24-20-25-16-4-7-29-18(16)17(26-20)19(27)23-9-13-2-5-28-6-3-13/h4,7-8,10-13,19,23,27H,2-3,5-6,9H2,1H3,(H,24,25,26). The first-order valence-corrected chi connectivity index (χ1v) is 10.6. The van der Waals surface area contributed by atoms with Gasteiger partial charge in [-0.05, 0) is 48.8 Å². The highest BCUT2D eigenvalue weighted by Gasteiger charge is 2.20. The lowest BCUT2D eigenvalue weighted by molar-refractivity contribution is 0.0565. The number of rotatable bonds is 7. The molecule has 3 aromatic rings. The SMILES string of the molecule is CC(Nc1nc(C(O)NCC2CCOCC2)c2sccc2n1)c1cncc(F)c1. The normalized spacial score (nSPS) is 17.3. The summed E-state index contributed by atoms with van der Waals surface area (Å²) in [6.07, 6.45) is 3.86. The van der Waals surface area contributed by atoms with Crippen LogP contribution in [0.2, 0.25) is 0 Å². The van der Waals surface area contributed by atoms with Crippen molar-refractivity contribution in [1.82, 2.24) is 20.3 Å². The minimum absolute atomic E-state index is 0.241. The molecule has 9 heteroatoms. The van der Waals surface area contributed by atoms with Crippen molar-refractivity contribution in [2.24, 2.45) is 5.92 Å². The van der Waals surface area contributed by atoms with Crippen LogP contribution in [-0.4, -0.2) is 39.8 Å². The number of hydrogen-bond donors (Lipinski definition) is 3. The van der Waals surface area contributed by atoms with E-state index in [-0.39, 0.29) is 6.04 Å². The molecule has 1 aliphatic heterocycles. The molecule has 1 aliphatic rings. The van der Waals surface area contributed by atoms with E-state index >= 15 is 0 Å². The Kier molecular flexibility index (Phi) is 6.29. The maximum Gasteiger partial charge on any atom is 0.224 e. The fourth-order valence-corrected chi connectivity index (χ4v) is 4.25. The number of halogens is 1. The van der Waals surface area contributed by atoms with E-state index in [0.717, 1.165) is 36.3 Å². The molecule has 4 rings (SSSR count). The van der Waals surface area contributed by atoms with Gasteiger partial charge in [-0.2, -0.15) is 0 Å². The predicted molar refractivity (Wildman–Crippen MR) is 110 cm³/mol. The molecule has 0 saturated carbocycles. The Balaban J connectivity index is 1.51. The van der Waals surface area contributed by atoms with E-state index in [4.69, 9.17) is 4.74 Å². The first kappa shape index (κ1) is 20.1. The number of hydrogen-bond acceptors (Lipinski definition) is 8. The second kappa shape index (κ2) is 9.08. The summed E-state index contributed by atoms with van der Waals surface area (Å²) in [5.41, 5.74) is 2.00. The minimum Gasteiger partial charge on any atom is -0.381 e. The lowest BCUT2D eigenvalue weighted by atomic mass is 10.0. The van der Waals surface area contributed by atoms with Crippen molar-refractivity contribution in [3.05, 3.63) is 47.0 Å². The Morgan fingerprint density at radius 2 is 2.14 bits per heavy atom. The van der Waals surface area contributed by atoms with Crippen molar-refractivity contribution in [3.8, 4) is 0 Å². The highest BCUT2D eigenvalue weighted by atomic mass is 32.1. The molecule has 7 nitrogen and oxygen atoms in total. The van der Waals surface area contributed by atoms with Crippen LogP contribution in [0.15, 0.2) is 29.9 Å². The summed E-state index contributed by atoms with van der Waals surface area (Å²) in [6, 6.07) is 3.09. The quantitative estimate of drug-likeness (QED) is 0.508. The number of aliphatic hydroxyl groups excluding tert-OH is 1. The van der Waals surface area contributed by atoms with Gasteiger partial charge in [0, 0.05) is 26.0 Å². The average molecular weight is 418 g/mol. The second-order valence-corrected chi connectivity index (χ2v) is 8.15. The van der Waals surface area contributed by atoms with E-state index in [1.807, 2.05) is 18.4 Å². The van der Waals surface area contributed by atoms with Gasteiger partial charge < -0.3 is 15.2 Å². The van der Waals surface area contributed by atoms with Gasteiger partial charge in [0.25, 0.3) is 0 Å². The number of thiophene rings is 1. The summed E-state index contributed by atoms with van der Waals surface area (Å²) < 4.78 is 19.7. The topological polar surface area (TPSA) is 92.2 Å². The molecule has 0 amide bonds. The van der Waals surface area contributed by atoms with Gasteiger partial charge in [0.2, 0.25) is 5.95 Å². The molecular formula is C20H24FN5O2S. The first-order valence-electron chi connectivity index (χ1n) is 9.71. The van der Waals surface area contributed by atoms with Crippen LogP contribution in [0.25, 0.3) is 10.2 Å². The van der Waals surface area contributed by atoms with Crippen molar-refractivity contribution in [2.45, 2.75) is 32.0 Å². The van der Waals surface area contributed by atoms with E-state index in [1.165, 1.54) is 23.6 Å². The third-order valence-corrected chi connectivity index (χ3v) is 6.03. The summed E-state index contributed by atoms with van der Waals surface area (Å²) >= 11 is 1.50. The molecule has 3 N–H and O–H groups in total. The van der Waals surface area contributed by atoms with Crippen molar-refractivity contribution in [2.75, 3.05) is 25.1 Å². The monoisotopic (exact) mass is 417 g/mol. The van der Waals surface area contributed by atoms with Crippen LogP contribution in [0.5, 0.6) is 0 Å². The van der Waals surface area contributed by atoms with Gasteiger partial charge in [0.1, 0.15) is 17.7 Å². The van der Waals surface area contributed by atoms with Gasteiger partial charge in [-0.15, -0.1) is 11.3 Å². The number of nitrogens with zero attached hydrogens (tertiary/aromatic N) is 3. The fraction of sp³-hybridized carbons (Fsp3) is 0.450. The summed E-state index contributed by atoms with van der Waals surface area (Å²) in [5.74, 6) is 0.477. The number of ether oxygens (including phenoxy) is 1. The second-order valence-electron chi connectivity index (χ2n) is 7.24. The molecule has 0 spiro atoms. The number of nitrogens with one attached hydrogen (secondary N) is 2. The molecule has 2 unspecified atom stereocenters. The molecule has 1 saturated heterocycles. The summed E-state index contributed by atoms with van der Waals surface area (Å²) in [4.78, 5) is 13.0. The van der Waals surface area contributed by atoms with Crippen LogP contribution >= 0.6 is 11.3 Å². The molecule has 0 aliphatic carbocycles. The smallest absolute Gasteiger partial charge is 0.224 e. The zero-order valence-electron chi connectivity index (χ0n) is 16.1. The highest BCUT2D eigenvalue weighted by molar-refractivity contribution is 7.17.